The number of allylic oxidation sites excluding steroid dienone is 2. The zero-order chi connectivity index (χ0) is 7.38. The summed E-state index contributed by atoms with van der Waals surface area (Å²) >= 11 is 0. The molecule has 4 aliphatic carbocycles. The Morgan fingerprint density at radius 2 is 1.73 bits per heavy atom. The first-order chi connectivity index (χ1) is 5.29. The average molecular weight is 148 g/mol. The van der Waals surface area contributed by atoms with Crippen LogP contribution in [0.3, 0.4) is 0 Å². The first kappa shape index (κ1) is 4.96. The van der Waals surface area contributed by atoms with Crippen LogP contribution in [0.15, 0.2) is 12.2 Å². The summed E-state index contributed by atoms with van der Waals surface area (Å²) < 4.78 is 0. The first-order valence-electron chi connectivity index (χ1n) is 4.21. The molecule has 0 bridgehead atoms. The van der Waals surface area contributed by atoms with E-state index in [0.29, 0.717) is 29.6 Å². The van der Waals surface area contributed by atoms with Crippen LogP contribution in [-0.2, 0) is 4.79 Å². The maximum absolute atomic E-state index is 10.9. The lowest BCUT2D eigenvalue weighted by molar-refractivity contribution is -0.159. The van der Waals surface area contributed by atoms with Crippen LogP contribution in [-0.4, -0.2) is 11.1 Å². The molecule has 0 radical (unpaired) electrons. The highest BCUT2D eigenvalue weighted by molar-refractivity contribution is 5.86. The highest BCUT2D eigenvalue weighted by Crippen LogP contribution is 2.93. The van der Waals surface area contributed by atoms with Gasteiger partial charge in [0.25, 0.3) is 0 Å². The van der Waals surface area contributed by atoms with Crippen molar-refractivity contribution in [2.45, 2.75) is 0 Å². The van der Waals surface area contributed by atoms with Crippen LogP contribution in [0.1, 0.15) is 0 Å². The number of aliphatic carboxylic acids is 1. The molecule has 4 atom stereocenters. The molecule has 4 rings (SSSR count). The monoisotopic (exact) mass is 148 g/mol. The fourth-order valence-electron chi connectivity index (χ4n) is 4.29. The van der Waals surface area contributed by atoms with Crippen LogP contribution in [0, 0.1) is 35.0 Å². The van der Waals surface area contributed by atoms with E-state index >= 15 is 0 Å². The van der Waals surface area contributed by atoms with Crippen molar-refractivity contribution in [3.8, 4) is 0 Å². The van der Waals surface area contributed by atoms with Gasteiger partial charge in [-0.25, -0.2) is 0 Å². The van der Waals surface area contributed by atoms with Crippen molar-refractivity contribution < 1.29 is 9.90 Å². The predicted octanol–water partition coefficient (Wildman–Crippen LogP) is 0.749. The Labute approximate surface area is 63.9 Å². The fraction of sp³-hybridized carbons (Fsp3) is 0.667. The SMILES string of the molecule is O=C(O)C12C3C4C=CC3C1C42. The van der Waals surface area contributed by atoms with E-state index in [2.05, 4.69) is 12.2 Å². The summed E-state index contributed by atoms with van der Waals surface area (Å²) in [5.74, 6) is 2.45. The molecule has 56 valence electrons. The third-order valence-corrected chi connectivity index (χ3v) is 4.52. The molecule has 0 aromatic rings. The van der Waals surface area contributed by atoms with E-state index in [0.717, 1.165) is 0 Å². The van der Waals surface area contributed by atoms with E-state index in [4.69, 9.17) is 5.11 Å². The molecule has 3 saturated carbocycles. The molecule has 2 heteroatoms. The summed E-state index contributed by atoms with van der Waals surface area (Å²) in [4.78, 5) is 10.9. The fourth-order valence-corrected chi connectivity index (χ4v) is 4.29. The molecule has 3 fully saturated rings. The van der Waals surface area contributed by atoms with Crippen molar-refractivity contribution in [3.05, 3.63) is 12.2 Å². The summed E-state index contributed by atoms with van der Waals surface area (Å²) in [5, 5.41) is 8.97. The molecule has 0 spiro atoms. The van der Waals surface area contributed by atoms with Gasteiger partial charge in [-0.1, -0.05) is 12.2 Å². The number of carboxylic acids is 1. The molecule has 0 aromatic carbocycles. The first-order valence-corrected chi connectivity index (χ1v) is 4.21. The Hall–Kier alpha value is -0.790. The van der Waals surface area contributed by atoms with E-state index in [9.17, 15) is 4.79 Å². The number of carbonyl (C=O) groups is 1. The van der Waals surface area contributed by atoms with Gasteiger partial charge in [-0.15, -0.1) is 0 Å². The van der Waals surface area contributed by atoms with Gasteiger partial charge in [0.2, 0.25) is 0 Å². The summed E-state index contributed by atoms with van der Waals surface area (Å²) in [6.07, 6.45) is 4.48. The van der Waals surface area contributed by atoms with E-state index in [1.54, 1.807) is 0 Å². The minimum Gasteiger partial charge on any atom is -0.481 e. The zero-order valence-electron chi connectivity index (χ0n) is 5.90. The summed E-state index contributed by atoms with van der Waals surface area (Å²) in [6, 6.07) is 0. The van der Waals surface area contributed by atoms with Crippen molar-refractivity contribution in [3.63, 3.8) is 0 Å². The van der Waals surface area contributed by atoms with Gasteiger partial charge in [-0.2, -0.15) is 0 Å². The second-order valence-corrected chi connectivity index (χ2v) is 4.36. The Bertz CT molecular complexity index is 298. The van der Waals surface area contributed by atoms with Crippen LogP contribution in [0.2, 0.25) is 0 Å². The Morgan fingerprint density at radius 3 is 2.09 bits per heavy atom. The third kappa shape index (κ3) is 0.224. The summed E-state index contributed by atoms with van der Waals surface area (Å²) in [5.41, 5.74) is -0.196. The Kier molecular flexibility index (Phi) is 0.441. The zero-order valence-corrected chi connectivity index (χ0v) is 5.90. The molecular weight excluding hydrogens is 140 g/mol. The highest BCUT2D eigenvalue weighted by Gasteiger charge is 2.96. The van der Waals surface area contributed by atoms with Gasteiger partial charge in [0.1, 0.15) is 0 Å². The van der Waals surface area contributed by atoms with Crippen molar-refractivity contribution in [2.75, 3.05) is 0 Å². The molecule has 11 heavy (non-hydrogen) atoms. The third-order valence-electron chi connectivity index (χ3n) is 4.52. The number of fused-ring (bicyclic) bond motifs is 3. The lowest BCUT2D eigenvalue weighted by Gasteiger charge is -2.43. The molecule has 4 unspecified atom stereocenters. The summed E-state index contributed by atoms with van der Waals surface area (Å²) in [6.45, 7) is 0. The van der Waals surface area contributed by atoms with Crippen LogP contribution < -0.4 is 0 Å². The molecule has 0 aromatic heterocycles. The van der Waals surface area contributed by atoms with E-state index < -0.39 is 5.97 Å². The quantitative estimate of drug-likeness (QED) is 0.557. The van der Waals surface area contributed by atoms with Crippen molar-refractivity contribution >= 4 is 5.97 Å². The van der Waals surface area contributed by atoms with Crippen LogP contribution >= 0.6 is 0 Å². The van der Waals surface area contributed by atoms with Gasteiger partial charge in [-0.05, 0) is 29.6 Å². The Morgan fingerprint density at radius 1 is 1.18 bits per heavy atom. The highest BCUT2D eigenvalue weighted by atomic mass is 16.4. The standard InChI is InChI=1S/C9H8O2/c10-8(11)9-5-3-1-2-4(5)7(9)6(3)9/h1-7H,(H,10,11). The van der Waals surface area contributed by atoms with Gasteiger partial charge in [0.05, 0.1) is 5.41 Å². The minimum absolute atomic E-state index is 0.196. The minimum atomic E-state index is -0.520. The maximum Gasteiger partial charge on any atom is 0.310 e. The van der Waals surface area contributed by atoms with Gasteiger partial charge in [0, 0.05) is 0 Å². The number of hydrogen-bond acceptors (Lipinski definition) is 1. The van der Waals surface area contributed by atoms with Gasteiger partial charge in [-0.3, -0.25) is 4.79 Å². The molecule has 0 saturated heterocycles. The molecule has 4 aliphatic rings. The molecule has 0 heterocycles. The van der Waals surface area contributed by atoms with Crippen molar-refractivity contribution in [1.82, 2.24) is 0 Å². The lowest BCUT2D eigenvalue weighted by Crippen LogP contribution is -2.49. The molecular formula is C9H8O2. The average Bonchev–Trinajstić information content (AvgIpc) is 2.19. The van der Waals surface area contributed by atoms with Crippen LogP contribution in [0.4, 0.5) is 0 Å². The molecule has 0 aliphatic heterocycles. The second kappa shape index (κ2) is 0.977. The van der Waals surface area contributed by atoms with E-state index in [1.165, 1.54) is 0 Å². The summed E-state index contributed by atoms with van der Waals surface area (Å²) in [7, 11) is 0. The van der Waals surface area contributed by atoms with Gasteiger partial charge < -0.3 is 5.11 Å². The lowest BCUT2D eigenvalue weighted by atomic mass is 9.58. The number of rotatable bonds is 1. The molecule has 0 amide bonds. The normalized spacial score (nSPS) is 71.5. The van der Waals surface area contributed by atoms with Crippen LogP contribution in [0.25, 0.3) is 0 Å². The number of carboxylic acid groups (broad SMARTS) is 1. The van der Waals surface area contributed by atoms with Gasteiger partial charge >= 0.3 is 5.97 Å². The predicted molar refractivity (Wildman–Crippen MR) is 36.7 cm³/mol. The second-order valence-electron chi connectivity index (χ2n) is 4.36. The number of hydrogen-bond donors (Lipinski definition) is 1. The van der Waals surface area contributed by atoms with Gasteiger partial charge in [0.15, 0.2) is 0 Å². The smallest absolute Gasteiger partial charge is 0.310 e. The van der Waals surface area contributed by atoms with E-state index in [1.807, 2.05) is 0 Å². The van der Waals surface area contributed by atoms with E-state index in [-0.39, 0.29) is 5.41 Å². The molecule has 2 nitrogen and oxygen atoms in total. The van der Waals surface area contributed by atoms with Crippen molar-refractivity contribution in [2.24, 2.45) is 35.0 Å². The largest absolute Gasteiger partial charge is 0.481 e. The molecule has 1 N–H and O–H groups in total. The Balaban J connectivity index is 1.88. The van der Waals surface area contributed by atoms with Crippen LogP contribution in [0.5, 0.6) is 0 Å². The topological polar surface area (TPSA) is 37.3 Å². The van der Waals surface area contributed by atoms with Crippen molar-refractivity contribution in [1.29, 1.82) is 0 Å². The maximum atomic E-state index is 10.9.